The fourth-order valence-corrected chi connectivity index (χ4v) is 3.20. The summed E-state index contributed by atoms with van der Waals surface area (Å²) in [6.45, 7) is 5.95. The zero-order chi connectivity index (χ0) is 23.4. The molecule has 170 valence electrons. The van der Waals surface area contributed by atoms with Crippen LogP contribution in [0.4, 0.5) is 0 Å². The monoisotopic (exact) mass is 448 g/mol. The minimum absolute atomic E-state index is 0.0131. The molecule has 0 radical (unpaired) electrons. The lowest BCUT2D eigenvalue weighted by molar-refractivity contribution is 0.0467. The highest BCUT2D eigenvalue weighted by atomic mass is 16.5. The number of oxazole rings is 1. The van der Waals surface area contributed by atoms with Gasteiger partial charge >= 0.3 is 5.97 Å². The number of hydrogen-bond donors (Lipinski definition) is 0. The van der Waals surface area contributed by atoms with Crippen molar-refractivity contribution in [2.24, 2.45) is 0 Å². The van der Waals surface area contributed by atoms with Crippen molar-refractivity contribution >= 4 is 5.97 Å². The van der Waals surface area contributed by atoms with Gasteiger partial charge in [0, 0.05) is 5.56 Å². The van der Waals surface area contributed by atoms with Crippen LogP contribution in [-0.4, -0.2) is 23.2 Å². The van der Waals surface area contributed by atoms with E-state index in [0.29, 0.717) is 34.4 Å². The molecule has 8 nitrogen and oxygen atoms in total. The van der Waals surface area contributed by atoms with Crippen LogP contribution in [0.5, 0.6) is 11.5 Å². The van der Waals surface area contributed by atoms with Gasteiger partial charge in [0.2, 0.25) is 5.89 Å². The fourth-order valence-electron chi connectivity index (χ4n) is 3.20. The number of hydrogen-bond acceptors (Lipinski definition) is 8. The van der Waals surface area contributed by atoms with Crippen LogP contribution >= 0.6 is 0 Å². The van der Waals surface area contributed by atoms with Crippen molar-refractivity contribution in [2.45, 2.75) is 34.0 Å². The summed E-state index contributed by atoms with van der Waals surface area (Å²) in [4.78, 5) is 16.9. The SMILES string of the molecule is COc1cc(C(=O)OCc2coc(-c3ccc(C)cc3)n2)ccc1OCc1c(C)noc1C. The molecule has 0 amide bonds. The standard InChI is InChI=1S/C25H24N2O6/c1-15-5-7-18(8-6-15)24-26-20(12-31-24)13-32-25(28)19-9-10-22(23(11-19)29-4)30-14-21-16(2)27-33-17(21)3/h5-12H,13-14H2,1-4H3. The number of ether oxygens (including phenoxy) is 3. The molecular formula is C25H24N2O6. The number of carbonyl (C=O) groups excluding carboxylic acids is 1. The first-order chi connectivity index (χ1) is 15.9. The zero-order valence-corrected chi connectivity index (χ0v) is 18.9. The molecule has 33 heavy (non-hydrogen) atoms. The Hall–Kier alpha value is -4.07. The summed E-state index contributed by atoms with van der Waals surface area (Å²) in [5.74, 6) is 1.57. The van der Waals surface area contributed by atoms with E-state index in [2.05, 4.69) is 10.1 Å². The molecule has 2 aromatic heterocycles. The van der Waals surface area contributed by atoms with Gasteiger partial charge in [0.25, 0.3) is 0 Å². The minimum Gasteiger partial charge on any atom is -0.493 e. The quantitative estimate of drug-likeness (QED) is 0.339. The molecular weight excluding hydrogens is 424 g/mol. The van der Waals surface area contributed by atoms with Crippen LogP contribution in [0.1, 0.15) is 38.6 Å². The molecule has 8 heteroatoms. The number of esters is 1. The molecule has 0 saturated carbocycles. The predicted octanol–water partition coefficient (Wildman–Crippen LogP) is 5.20. The van der Waals surface area contributed by atoms with Gasteiger partial charge in [-0.25, -0.2) is 9.78 Å². The highest BCUT2D eigenvalue weighted by Gasteiger charge is 2.16. The van der Waals surface area contributed by atoms with E-state index in [1.165, 1.54) is 13.4 Å². The third-order valence-corrected chi connectivity index (χ3v) is 5.15. The third kappa shape index (κ3) is 5.06. The molecule has 0 fully saturated rings. The molecule has 0 unspecified atom stereocenters. The van der Waals surface area contributed by atoms with E-state index in [0.717, 1.165) is 22.4 Å². The Morgan fingerprint density at radius 3 is 2.48 bits per heavy atom. The Balaban J connectivity index is 1.38. The number of nitrogens with zero attached hydrogens (tertiary/aromatic N) is 2. The maximum atomic E-state index is 12.5. The van der Waals surface area contributed by atoms with Crippen molar-refractivity contribution < 1.29 is 27.9 Å². The first-order valence-electron chi connectivity index (χ1n) is 10.4. The normalized spacial score (nSPS) is 10.8. The van der Waals surface area contributed by atoms with E-state index in [9.17, 15) is 4.79 Å². The van der Waals surface area contributed by atoms with E-state index >= 15 is 0 Å². The summed E-state index contributed by atoms with van der Waals surface area (Å²) < 4.78 is 27.3. The lowest BCUT2D eigenvalue weighted by Crippen LogP contribution is -2.06. The van der Waals surface area contributed by atoms with E-state index < -0.39 is 5.97 Å². The molecule has 0 aliphatic carbocycles. The minimum atomic E-state index is -0.509. The number of aromatic nitrogens is 2. The molecule has 0 spiro atoms. The van der Waals surface area contributed by atoms with Gasteiger partial charge in [0.1, 0.15) is 30.9 Å². The fraction of sp³-hybridized carbons (Fsp3) is 0.240. The second-order valence-corrected chi connectivity index (χ2v) is 7.54. The molecule has 0 aliphatic heterocycles. The average Bonchev–Trinajstić information content (AvgIpc) is 3.43. The van der Waals surface area contributed by atoms with Crippen LogP contribution in [0.25, 0.3) is 11.5 Å². The van der Waals surface area contributed by atoms with Crippen LogP contribution in [0, 0.1) is 20.8 Å². The van der Waals surface area contributed by atoms with Gasteiger partial charge in [-0.3, -0.25) is 0 Å². The second kappa shape index (κ2) is 9.60. The van der Waals surface area contributed by atoms with Crippen molar-refractivity contribution in [2.75, 3.05) is 7.11 Å². The zero-order valence-electron chi connectivity index (χ0n) is 18.9. The Kier molecular flexibility index (Phi) is 6.44. The van der Waals surface area contributed by atoms with Crippen molar-refractivity contribution in [3.63, 3.8) is 0 Å². The number of benzene rings is 2. The number of carbonyl (C=O) groups is 1. The van der Waals surface area contributed by atoms with E-state index in [1.807, 2.05) is 45.0 Å². The van der Waals surface area contributed by atoms with Crippen molar-refractivity contribution in [1.82, 2.24) is 10.1 Å². The second-order valence-electron chi connectivity index (χ2n) is 7.54. The van der Waals surface area contributed by atoms with Gasteiger partial charge in [0.05, 0.1) is 23.9 Å². The van der Waals surface area contributed by atoms with Crippen molar-refractivity contribution in [3.8, 4) is 23.0 Å². The molecule has 4 aromatic rings. The van der Waals surface area contributed by atoms with Gasteiger partial charge in [-0.05, 0) is 51.1 Å². The van der Waals surface area contributed by atoms with Gasteiger partial charge in [-0.15, -0.1) is 0 Å². The molecule has 0 aliphatic rings. The Morgan fingerprint density at radius 1 is 1.00 bits per heavy atom. The van der Waals surface area contributed by atoms with Gasteiger partial charge in [-0.1, -0.05) is 22.9 Å². The Morgan fingerprint density at radius 2 is 1.79 bits per heavy atom. The summed E-state index contributed by atoms with van der Waals surface area (Å²) >= 11 is 0. The first kappa shape index (κ1) is 22.1. The molecule has 0 saturated heterocycles. The largest absolute Gasteiger partial charge is 0.493 e. The molecule has 0 bridgehead atoms. The lowest BCUT2D eigenvalue weighted by atomic mass is 10.1. The Labute approximate surface area is 191 Å². The summed E-state index contributed by atoms with van der Waals surface area (Å²) in [6, 6.07) is 12.7. The van der Waals surface area contributed by atoms with Crippen molar-refractivity contribution in [1.29, 1.82) is 0 Å². The lowest BCUT2D eigenvalue weighted by Gasteiger charge is -2.12. The highest BCUT2D eigenvalue weighted by Crippen LogP contribution is 2.30. The van der Waals surface area contributed by atoms with Gasteiger partial charge in [0.15, 0.2) is 11.5 Å². The maximum Gasteiger partial charge on any atom is 0.338 e. The van der Waals surface area contributed by atoms with Crippen LogP contribution in [-0.2, 0) is 18.0 Å². The molecule has 0 N–H and O–H groups in total. The van der Waals surface area contributed by atoms with E-state index in [1.54, 1.807) is 18.2 Å². The third-order valence-electron chi connectivity index (χ3n) is 5.15. The summed E-state index contributed by atoms with van der Waals surface area (Å²) in [6.07, 6.45) is 1.48. The number of methoxy groups -OCH3 is 1. The summed E-state index contributed by atoms with van der Waals surface area (Å²) in [5.41, 5.74) is 4.50. The predicted molar refractivity (Wildman–Crippen MR) is 119 cm³/mol. The Bertz CT molecular complexity index is 1240. The summed E-state index contributed by atoms with van der Waals surface area (Å²) in [7, 11) is 1.51. The first-order valence-corrected chi connectivity index (χ1v) is 10.4. The number of rotatable bonds is 8. The highest BCUT2D eigenvalue weighted by molar-refractivity contribution is 5.90. The maximum absolute atomic E-state index is 12.5. The van der Waals surface area contributed by atoms with Crippen molar-refractivity contribution in [3.05, 3.63) is 82.6 Å². The number of aryl methyl sites for hydroxylation is 3. The summed E-state index contributed by atoms with van der Waals surface area (Å²) in [5, 5.41) is 3.92. The van der Waals surface area contributed by atoms with E-state index in [-0.39, 0.29) is 13.2 Å². The topological polar surface area (TPSA) is 96.8 Å². The van der Waals surface area contributed by atoms with Gasteiger partial charge in [-0.2, -0.15) is 0 Å². The van der Waals surface area contributed by atoms with Crippen LogP contribution in [0.3, 0.4) is 0 Å². The molecule has 2 heterocycles. The molecule has 2 aromatic carbocycles. The van der Waals surface area contributed by atoms with Gasteiger partial charge < -0.3 is 23.2 Å². The van der Waals surface area contributed by atoms with Crippen LogP contribution < -0.4 is 9.47 Å². The molecule has 4 rings (SSSR count). The smallest absolute Gasteiger partial charge is 0.338 e. The molecule has 0 atom stereocenters. The average molecular weight is 448 g/mol. The van der Waals surface area contributed by atoms with E-state index in [4.69, 9.17) is 23.2 Å². The van der Waals surface area contributed by atoms with Crippen LogP contribution in [0.15, 0.2) is 57.7 Å². The van der Waals surface area contributed by atoms with Crippen LogP contribution in [0.2, 0.25) is 0 Å².